The minimum atomic E-state index is -3.97. The van der Waals surface area contributed by atoms with Gasteiger partial charge in [0.25, 0.3) is 0 Å². The lowest BCUT2D eigenvalue weighted by Gasteiger charge is -2.54. The third-order valence-corrected chi connectivity index (χ3v) is 20.1. The van der Waals surface area contributed by atoms with Crippen molar-refractivity contribution in [1.82, 2.24) is 0 Å². The molecule has 7 nitrogen and oxygen atoms in total. The van der Waals surface area contributed by atoms with Crippen molar-refractivity contribution in [2.24, 2.45) is 0 Å². The van der Waals surface area contributed by atoms with Crippen molar-refractivity contribution in [1.29, 1.82) is 0 Å². The Kier molecular flexibility index (Phi) is 9.21. The Labute approximate surface area is 249 Å². The molecule has 0 unspecified atom stereocenters. The van der Waals surface area contributed by atoms with E-state index < -0.39 is 62.6 Å². The largest absolute Gasteiger partial charge is 0.408 e. The molecule has 2 aromatic rings. The number of rotatable bonds is 7. The van der Waals surface area contributed by atoms with E-state index in [1.165, 1.54) is 0 Å². The van der Waals surface area contributed by atoms with Crippen LogP contribution in [-0.2, 0) is 32.9 Å². The third-order valence-electron chi connectivity index (χ3n) is 9.21. The van der Waals surface area contributed by atoms with Crippen molar-refractivity contribution in [3.8, 4) is 0 Å². The summed E-state index contributed by atoms with van der Waals surface area (Å²) in [5.74, 6) is 0. The van der Waals surface area contributed by atoms with E-state index >= 15 is 0 Å². The minimum absolute atomic E-state index is 0.125. The second-order valence-corrected chi connectivity index (χ2v) is 25.8. The smallest absolute Gasteiger partial charge is 0.207 e. The molecule has 0 bridgehead atoms. The van der Waals surface area contributed by atoms with Crippen molar-refractivity contribution in [3.05, 3.63) is 66.2 Å². The van der Waals surface area contributed by atoms with Gasteiger partial charge < -0.3 is 23.1 Å². The molecular formula is C31H48O7SSi2. The summed E-state index contributed by atoms with van der Waals surface area (Å²) in [6, 6.07) is 18.2. The molecule has 228 valence electrons. The number of sulfone groups is 1. The van der Waals surface area contributed by atoms with Crippen LogP contribution in [-0.4, -0.2) is 61.5 Å². The molecule has 0 radical (unpaired) electrons. The molecule has 41 heavy (non-hydrogen) atoms. The average molecular weight is 621 g/mol. The van der Waals surface area contributed by atoms with E-state index in [2.05, 4.69) is 67.7 Å². The lowest BCUT2D eigenvalue weighted by atomic mass is 9.99. The number of hydrogen-bond acceptors (Lipinski definition) is 7. The molecule has 0 aliphatic carbocycles. The Hall–Kier alpha value is -1.38. The monoisotopic (exact) mass is 620 g/mol. The van der Waals surface area contributed by atoms with Crippen LogP contribution >= 0.6 is 0 Å². The van der Waals surface area contributed by atoms with E-state index in [1.54, 1.807) is 30.3 Å². The molecular weight excluding hydrogens is 573 g/mol. The Bertz CT molecular complexity index is 1270. The predicted molar refractivity (Wildman–Crippen MR) is 166 cm³/mol. The van der Waals surface area contributed by atoms with Crippen LogP contribution in [0.2, 0.25) is 36.3 Å². The molecule has 2 heterocycles. The summed E-state index contributed by atoms with van der Waals surface area (Å²) in [4.78, 5) is 0.193. The van der Waals surface area contributed by atoms with Crippen molar-refractivity contribution in [2.75, 3.05) is 6.61 Å². The van der Waals surface area contributed by atoms with Gasteiger partial charge in [0.05, 0.1) is 11.5 Å². The molecule has 2 fully saturated rings. The van der Waals surface area contributed by atoms with Gasteiger partial charge in [-0.3, -0.25) is 0 Å². The Balaban J connectivity index is 1.85. The van der Waals surface area contributed by atoms with Gasteiger partial charge in [-0.15, -0.1) is 0 Å². The molecule has 2 aliphatic heterocycles. The fourth-order valence-electron chi connectivity index (χ4n) is 4.61. The summed E-state index contributed by atoms with van der Waals surface area (Å²) in [5.41, 5.74) is -0.395. The van der Waals surface area contributed by atoms with Gasteiger partial charge in [-0.2, -0.15) is 0 Å². The van der Waals surface area contributed by atoms with Crippen LogP contribution < -0.4 is 0 Å². The van der Waals surface area contributed by atoms with E-state index in [0.717, 1.165) is 5.56 Å². The second-order valence-electron chi connectivity index (χ2n) is 14.3. The standard InChI is InChI=1S/C31H48O7SSi2/c1-30(2,3)40(7,8)37-26-25-24(21-34-28(36-25)22-17-13-11-14-18-22)35-29(27(26)38-41(9,10)31(4,5)6)39(32,33)23-19-15-12-16-20-23/h11-20,24-29H,21H2,1-10H3/t24-,25-,26+,27-,28-,29+/m1/s1. The molecule has 0 aromatic heterocycles. The number of ether oxygens (including phenoxy) is 3. The maximum absolute atomic E-state index is 14.3. The summed E-state index contributed by atoms with van der Waals surface area (Å²) >= 11 is 0. The zero-order chi connectivity index (χ0) is 30.4. The van der Waals surface area contributed by atoms with E-state index in [-0.39, 0.29) is 21.6 Å². The molecule has 0 spiro atoms. The number of fused-ring (bicyclic) bond motifs is 1. The highest BCUT2D eigenvalue weighted by molar-refractivity contribution is 7.92. The zero-order valence-electron chi connectivity index (χ0n) is 26.2. The average Bonchev–Trinajstić information content (AvgIpc) is 2.89. The summed E-state index contributed by atoms with van der Waals surface area (Å²) < 4.78 is 62.0. The van der Waals surface area contributed by atoms with Crippen LogP contribution in [0.15, 0.2) is 65.6 Å². The molecule has 2 saturated heterocycles. The molecule has 2 aromatic carbocycles. The molecule has 6 atom stereocenters. The topological polar surface area (TPSA) is 80.3 Å². The first kappa shape index (κ1) is 32.5. The highest BCUT2D eigenvalue weighted by Gasteiger charge is 2.59. The highest BCUT2D eigenvalue weighted by atomic mass is 32.2. The molecule has 4 rings (SSSR count). The van der Waals surface area contributed by atoms with E-state index in [9.17, 15) is 8.42 Å². The van der Waals surface area contributed by atoms with Crippen LogP contribution in [0.5, 0.6) is 0 Å². The van der Waals surface area contributed by atoms with Crippen molar-refractivity contribution < 1.29 is 31.5 Å². The highest BCUT2D eigenvalue weighted by Crippen LogP contribution is 2.46. The van der Waals surface area contributed by atoms with Gasteiger partial charge in [-0.05, 0) is 48.4 Å². The van der Waals surface area contributed by atoms with Crippen LogP contribution in [0.4, 0.5) is 0 Å². The minimum Gasteiger partial charge on any atom is -0.408 e. The third kappa shape index (κ3) is 6.75. The maximum atomic E-state index is 14.3. The molecule has 2 aliphatic rings. The summed E-state index contributed by atoms with van der Waals surface area (Å²) in [6.07, 6.45) is -3.43. The lowest BCUT2D eigenvalue weighted by molar-refractivity contribution is -0.315. The van der Waals surface area contributed by atoms with Crippen molar-refractivity contribution in [2.45, 2.75) is 119 Å². The second kappa shape index (κ2) is 11.6. The first-order valence-corrected chi connectivity index (χ1v) is 21.8. The van der Waals surface area contributed by atoms with E-state index in [0.29, 0.717) is 0 Å². The first-order valence-electron chi connectivity index (χ1n) is 14.5. The number of hydrogen-bond donors (Lipinski definition) is 0. The first-order chi connectivity index (χ1) is 18.9. The van der Waals surface area contributed by atoms with E-state index in [4.69, 9.17) is 23.1 Å². The van der Waals surface area contributed by atoms with Crippen molar-refractivity contribution >= 4 is 26.5 Å². The van der Waals surface area contributed by atoms with Crippen LogP contribution in [0, 0.1) is 0 Å². The SMILES string of the molecule is CC(C)(C)[Si](C)(C)O[C@@H]1[C@@H](O[Si](C)(C)C(C)(C)C)[C@H](S(=O)(=O)c2ccccc2)O[C@@H]2CO[C@@H](c3ccccc3)O[C@@H]12. The van der Waals surface area contributed by atoms with Gasteiger partial charge >= 0.3 is 0 Å². The normalized spacial score (nSPS) is 28.2. The maximum Gasteiger partial charge on any atom is 0.207 e. The van der Waals surface area contributed by atoms with Gasteiger partial charge in [-0.1, -0.05) is 90.1 Å². The van der Waals surface area contributed by atoms with Gasteiger partial charge in [0, 0.05) is 5.56 Å². The molecule has 0 saturated carbocycles. The Morgan fingerprint density at radius 2 is 1.22 bits per heavy atom. The summed E-state index contributed by atoms with van der Waals surface area (Å²) in [7, 11) is -8.92. The van der Waals surface area contributed by atoms with Crippen LogP contribution in [0.1, 0.15) is 53.4 Å². The lowest BCUT2D eigenvalue weighted by Crippen LogP contribution is -2.68. The summed E-state index contributed by atoms with van der Waals surface area (Å²) in [6.45, 7) is 21.8. The van der Waals surface area contributed by atoms with Gasteiger partial charge in [0.1, 0.15) is 24.4 Å². The fraction of sp³-hybridized carbons (Fsp3) is 0.613. The quantitative estimate of drug-likeness (QED) is 0.306. The fourth-order valence-corrected chi connectivity index (χ4v) is 8.96. The van der Waals surface area contributed by atoms with Gasteiger partial charge in [0.15, 0.2) is 28.4 Å². The van der Waals surface area contributed by atoms with Crippen LogP contribution in [0.25, 0.3) is 0 Å². The van der Waals surface area contributed by atoms with E-state index in [1.807, 2.05) is 30.3 Å². The van der Waals surface area contributed by atoms with Crippen molar-refractivity contribution in [3.63, 3.8) is 0 Å². The molecule has 0 amide bonds. The zero-order valence-corrected chi connectivity index (χ0v) is 29.0. The Morgan fingerprint density at radius 3 is 1.73 bits per heavy atom. The molecule has 0 N–H and O–H groups in total. The van der Waals surface area contributed by atoms with Gasteiger partial charge in [0.2, 0.25) is 9.84 Å². The predicted octanol–water partition coefficient (Wildman–Crippen LogP) is 7.08. The molecule has 10 heteroatoms. The number of benzene rings is 2. The van der Waals surface area contributed by atoms with Crippen LogP contribution in [0.3, 0.4) is 0 Å². The Morgan fingerprint density at radius 1 is 0.732 bits per heavy atom. The summed E-state index contributed by atoms with van der Waals surface area (Å²) in [5, 5.41) is -0.296. The van der Waals surface area contributed by atoms with Gasteiger partial charge in [-0.25, -0.2) is 8.42 Å².